The summed E-state index contributed by atoms with van der Waals surface area (Å²) in [5.74, 6) is 0.835. The fraction of sp³-hybridized carbons (Fsp3) is 0.812. The summed E-state index contributed by atoms with van der Waals surface area (Å²) >= 11 is 1.74. The highest BCUT2D eigenvalue weighted by atomic mass is 32.1. The van der Waals surface area contributed by atoms with Crippen LogP contribution in [-0.2, 0) is 16.0 Å². The number of rotatable bonds is 5. The number of morpholine rings is 1. The van der Waals surface area contributed by atoms with Crippen LogP contribution in [0.2, 0.25) is 0 Å². The summed E-state index contributed by atoms with van der Waals surface area (Å²) in [6.07, 6.45) is 5.65. The molecular weight excluding hydrogens is 284 g/mol. The maximum Gasteiger partial charge on any atom is 0.0992 e. The lowest BCUT2D eigenvalue weighted by molar-refractivity contribution is -0.116. The molecule has 1 aliphatic heterocycles. The fourth-order valence-electron chi connectivity index (χ4n) is 3.60. The van der Waals surface area contributed by atoms with Gasteiger partial charge in [0.2, 0.25) is 0 Å². The Morgan fingerprint density at radius 3 is 3.05 bits per heavy atom. The molecule has 3 fully saturated rings. The van der Waals surface area contributed by atoms with Gasteiger partial charge in [0.05, 0.1) is 29.5 Å². The van der Waals surface area contributed by atoms with Gasteiger partial charge < -0.3 is 9.47 Å². The van der Waals surface area contributed by atoms with Crippen molar-refractivity contribution in [1.29, 1.82) is 0 Å². The summed E-state index contributed by atoms with van der Waals surface area (Å²) < 4.78 is 12.2. The molecule has 116 valence electrons. The zero-order valence-electron chi connectivity index (χ0n) is 12.7. The lowest BCUT2D eigenvalue weighted by Crippen LogP contribution is -2.51. The largest absolute Gasteiger partial charge is 0.375 e. The highest BCUT2D eigenvalue weighted by Crippen LogP contribution is 2.35. The molecule has 0 amide bonds. The average molecular weight is 308 g/mol. The number of hydrogen-bond donors (Lipinski definition) is 0. The maximum atomic E-state index is 6.13. The summed E-state index contributed by atoms with van der Waals surface area (Å²) in [6, 6.07) is 0.518. The molecule has 2 heterocycles. The van der Waals surface area contributed by atoms with Crippen molar-refractivity contribution >= 4 is 11.3 Å². The maximum absolute atomic E-state index is 6.13. The molecule has 2 aliphatic carbocycles. The minimum atomic E-state index is 0.275. The van der Waals surface area contributed by atoms with Crippen molar-refractivity contribution in [3.8, 4) is 0 Å². The van der Waals surface area contributed by atoms with Gasteiger partial charge in [0.1, 0.15) is 0 Å². The topological polar surface area (TPSA) is 34.6 Å². The molecule has 1 aromatic heterocycles. The first kappa shape index (κ1) is 14.1. The molecule has 0 spiro atoms. The smallest absolute Gasteiger partial charge is 0.0992 e. The van der Waals surface area contributed by atoms with E-state index >= 15 is 0 Å². The Morgan fingerprint density at radius 2 is 2.29 bits per heavy atom. The molecule has 5 heteroatoms. The van der Waals surface area contributed by atoms with Crippen LogP contribution in [-0.4, -0.2) is 47.9 Å². The van der Waals surface area contributed by atoms with Crippen molar-refractivity contribution in [3.05, 3.63) is 16.1 Å². The van der Waals surface area contributed by atoms with Gasteiger partial charge >= 0.3 is 0 Å². The number of nitrogens with zero attached hydrogens (tertiary/aromatic N) is 2. The molecule has 3 atom stereocenters. The lowest BCUT2D eigenvalue weighted by atomic mass is 10.1. The monoisotopic (exact) mass is 308 g/mol. The van der Waals surface area contributed by atoms with Crippen molar-refractivity contribution in [2.24, 2.45) is 5.92 Å². The van der Waals surface area contributed by atoms with Crippen LogP contribution in [0, 0.1) is 12.8 Å². The van der Waals surface area contributed by atoms with Gasteiger partial charge in [0.15, 0.2) is 0 Å². The Kier molecular flexibility index (Phi) is 4.00. The van der Waals surface area contributed by atoms with Crippen LogP contribution in [0.1, 0.15) is 36.4 Å². The van der Waals surface area contributed by atoms with E-state index in [-0.39, 0.29) is 6.10 Å². The van der Waals surface area contributed by atoms with Crippen LogP contribution in [0.25, 0.3) is 0 Å². The second-order valence-corrected chi connectivity index (χ2v) is 7.69. The predicted molar refractivity (Wildman–Crippen MR) is 82.5 cm³/mol. The molecule has 1 saturated heterocycles. The van der Waals surface area contributed by atoms with Crippen LogP contribution in [0.4, 0.5) is 0 Å². The Labute approximate surface area is 130 Å². The van der Waals surface area contributed by atoms with Crippen LogP contribution in [0.3, 0.4) is 0 Å². The molecular formula is C16H24N2O2S. The summed E-state index contributed by atoms with van der Waals surface area (Å²) in [7, 11) is 0. The van der Waals surface area contributed by atoms with Crippen LogP contribution in [0.5, 0.6) is 0 Å². The number of aryl methyl sites for hydroxylation is 1. The second-order valence-electron chi connectivity index (χ2n) is 6.62. The molecule has 0 unspecified atom stereocenters. The third-order valence-corrected chi connectivity index (χ3v) is 5.75. The zero-order chi connectivity index (χ0) is 14.2. The number of fused-ring (bicyclic) bond motifs is 1. The second kappa shape index (κ2) is 5.95. The van der Waals surface area contributed by atoms with Gasteiger partial charge in [0, 0.05) is 31.1 Å². The highest BCUT2D eigenvalue weighted by Gasteiger charge is 2.43. The van der Waals surface area contributed by atoms with E-state index < -0.39 is 0 Å². The molecule has 4 nitrogen and oxygen atoms in total. The van der Waals surface area contributed by atoms with Gasteiger partial charge in [-0.2, -0.15) is 0 Å². The van der Waals surface area contributed by atoms with Crippen LogP contribution < -0.4 is 0 Å². The van der Waals surface area contributed by atoms with Gasteiger partial charge in [-0.3, -0.25) is 4.90 Å². The van der Waals surface area contributed by atoms with E-state index in [1.807, 2.05) is 0 Å². The van der Waals surface area contributed by atoms with E-state index in [1.54, 1.807) is 11.3 Å². The molecule has 0 aromatic carbocycles. The minimum Gasteiger partial charge on any atom is -0.375 e. The summed E-state index contributed by atoms with van der Waals surface area (Å²) in [5, 5.41) is 3.35. The first-order valence-electron chi connectivity index (χ1n) is 8.18. The molecule has 4 rings (SSSR count). The van der Waals surface area contributed by atoms with Gasteiger partial charge in [-0.1, -0.05) is 0 Å². The quantitative estimate of drug-likeness (QED) is 0.837. The van der Waals surface area contributed by atoms with Gasteiger partial charge in [-0.25, -0.2) is 4.98 Å². The first-order chi connectivity index (χ1) is 10.3. The summed E-state index contributed by atoms with van der Waals surface area (Å²) in [6.45, 7) is 5.83. The molecule has 0 bridgehead atoms. The normalized spacial score (nSPS) is 33.3. The van der Waals surface area contributed by atoms with Crippen molar-refractivity contribution < 1.29 is 9.47 Å². The molecule has 3 aliphatic rings. The van der Waals surface area contributed by atoms with Crippen molar-refractivity contribution in [1.82, 2.24) is 9.88 Å². The van der Waals surface area contributed by atoms with Crippen molar-refractivity contribution in [3.63, 3.8) is 0 Å². The molecule has 0 N–H and O–H groups in total. The van der Waals surface area contributed by atoms with E-state index in [1.165, 1.54) is 25.0 Å². The zero-order valence-corrected chi connectivity index (χ0v) is 13.5. The Balaban J connectivity index is 1.38. The van der Waals surface area contributed by atoms with Gasteiger partial charge in [-0.15, -0.1) is 11.3 Å². The molecule has 0 radical (unpaired) electrons. The number of thiazole rings is 1. The van der Waals surface area contributed by atoms with E-state index in [2.05, 4.69) is 22.2 Å². The standard InChI is InChI=1S/C16H24N2O2S/c1-11-17-13(10-21-11)8-18-6-7-19-16-14(18)4-5-15(16)20-9-12-2-3-12/h10,12,14-16H,2-9H2,1H3/t14-,15+,16+/m0/s1. The van der Waals surface area contributed by atoms with Gasteiger partial charge in [0.25, 0.3) is 0 Å². The number of aromatic nitrogens is 1. The first-order valence-corrected chi connectivity index (χ1v) is 9.06. The van der Waals surface area contributed by atoms with E-state index in [0.717, 1.165) is 43.6 Å². The predicted octanol–water partition coefficient (Wildman–Crippen LogP) is 2.61. The Morgan fingerprint density at radius 1 is 1.38 bits per heavy atom. The van der Waals surface area contributed by atoms with Crippen LogP contribution in [0.15, 0.2) is 5.38 Å². The average Bonchev–Trinajstić information content (AvgIpc) is 3.08. The SMILES string of the molecule is Cc1nc(CN2CCO[C@H]3[C@H](OCC4CC4)CC[C@@H]32)cs1. The third-order valence-electron chi connectivity index (χ3n) is 4.93. The molecule has 1 aromatic rings. The number of ether oxygens (including phenoxy) is 2. The summed E-state index contributed by atoms with van der Waals surface area (Å²) in [4.78, 5) is 7.17. The van der Waals surface area contributed by atoms with E-state index in [0.29, 0.717) is 12.1 Å². The van der Waals surface area contributed by atoms with Crippen molar-refractivity contribution in [2.75, 3.05) is 19.8 Å². The molecule has 21 heavy (non-hydrogen) atoms. The van der Waals surface area contributed by atoms with E-state index in [4.69, 9.17) is 9.47 Å². The van der Waals surface area contributed by atoms with Gasteiger partial charge in [-0.05, 0) is 38.5 Å². The number of hydrogen-bond acceptors (Lipinski definition) is 5. The fourth-order valence-corrected chi connectivity index (χ4v) is 4.20. The Bertz CT molecular complexity index is 488. The summed E-state index contributed by atoms with van der Waals surface area (Å²) in [5.41, 5.74) is 1.21. The Hall–Kier alpha value is -0.490. The van der Waals surface area contributed by atoms with Crippen LogP contribution >= 0.6 is 11.3 Å². The lowest BCUT2D eigenvalue weighted by Gasteiger charge is -2.38. The van der Waals surface area contributed by atoms with E-state index in [9.17, 15) is 0 Å². The molecule has 2 saturated carbocycles. The third kappa shape index (κ3) is 3.16. The minimum absolute atomic E-state index is 0.275. The highest BCUT2D eigenvalue weighted by molar-refractivity contribution is 7.09. The van der Waals surface area contributed by atoms with Crippen molar-refractivity contribution in [2.45, 2.75) is 57.4 Å².